The van der Waals surface area contributed by atoms with Gasteiger partial charge in [-0.3, -0.25) is 9.59 Å². The van der Waals surface area contributed by atoms with Crippen LogP contribution in [0.15, 0.2) is 0 Å². The Kier molecular flexibility index (Phi) is 8.21. The minimum Gasteiger partial charge on any atom is -0.481 e. The van der Waals surface area contributed by atoms with E-state index in [1.807, 2.05) is 6.92 Å². The summed E-state index contributed by atoms with van der Waals surface area (Å²) in [5, 5.41) is 7.42. The van der Waals surface area contributed by atoms with Crippen LogP contribution < -0.4 is 0 Å². The lowest BCUT2D eigenvalue weighted by Gasteiger charge is -2.26. The second kappa shape index (κ2) is 7.43. The summed E-state index contributed by atoms with van der Waals surface area (Å²) in [5.41, 5.74) is 0.269. The molecule has 0 fully saturated rings. The van der Waals surface area contributed by atoms with Crippen LogP contribution >= 0.6 is 0 Å². The molecule has 0 saturated heterocycles. The molecule has 1 N–H and O–H groups in total. The van der Waals surface area contributed by atoms with E-state index in [0.29, 0.717) is 18.1 Å². The molecule has 0 saturated carbocycles. The number of Topliss-reactive ketones (excluding diaryl/α,β-unsaturated/α-hetero) is 1. The molecule has 0 bridgehead atoms. The third-order valence-corrected chi connectivity index (χ3v) is 2.41. The van der Waals surface area contributed by atoms with Gasteiger partial charge in [0.15, 0.2) is 0 Å². The highest BCUT2D eigenvalue weighted by Gasteiger charge is 2.21. The first kappa shape index (κ1) is 16.6. The second-order valence-corrected chi connectivity index (χ2v) is 4.88. The van der Waals surface area contributed by atoms with E-state index in [2.05, 4.69) is 27.7 Å². The van der Waals surface area contributed by atoms with Gasteiger partial charge in [-0.25, -0.2) is 0 Å². The first-order chi connectivity index (χ1) is 6.61. The largest absolute Gasteiger partial charge is 0.481 e. The van der Waals surface area contributed by atoms with Crippen molar-refractivity contribution in [1.29, 1.82) is 0 Å². The van der Waals surface area contributed by atoms with E-state index >= 15 is 0 Å². The van der Waals surface area contributed by atoms with Gasteiger partial charge in [-0.1, -0.05) is 34.6 Å². The number of ketones is 1. The Bertz CT molecular complexity index is 197. The van der Waals surface area contributed by atoms with Crippen LogP contribution in [-0.4, -0.2) is 16.9 Å². The average Bonchev–Trinajstić information content (AvgIpc) is 2.01. The van der Waals surface area contributed by atoms with Gasteiger partial charge >= 0.3 is 0 Å². The molecule has 0 aromatic carbocycles. The van der Waals surface area contributed by atoms with Crippen molar-refractivity contribution in [1.82, 2.24) is 0 Å². The van der Waals surface area contributed by atoms with E-state index in [4.69, 9.17) is 9.90 Å². The van der Waals surface area contributed by atoms with Gasteiger partial charge in [0.25, 0.3) is 5.97 Å². The molecular weight excluding hydrogens is 192 g/mol. The van der Waals surface area contributed by atoms with Crippen LogP contribution in [0.3, 0.4) is 0 Å². The lowest BCUT2D eigenvalue weighted by molar-refractivity contribution is -0.134. The van der Waals surface area contributed by atoms with Crippen LogP contribution in [0.1, 0.15) is 54.4 Å². The predicted octanol–water partition coefficient (Wildman–Crippen LogP) is 3.13. The van der Waals surface area contributed by atoms with E-state index in [0.717, 1.165) is 13.3 Å². The van der Waals surface area contributed by atoms with Gasteiger partial charge < -0.3 is 5.11 Å². The van der Waals surface area contributed by atoms with Crippen LogP contribution in [0.25, 0.3) is 0 Å². The maximum Gasteiger partial charge on any atom is 0.300 e. The van der Waals surface area contributed by atoms with Gasteiger partial charge in [-0.15, -0.1) is 0 Å². The molecule has 3 nitrogen and oxygen atoms in total. The Morgan fingerprint density at radius 1 is 1.27 bits per heavy atom. The zero-order chi connectivity index (χ0) is 12.6. The van der Waals surface area contributed by atoms with E-state index in [-0.39, 0.29) is 5.41 Å². The van der Waals surface area contributed by atoms with Gasteiger partial charge in [-0.2, -0.15) is 0 Å². The Morgan fingerprint density at radius 2 is 1.60 bits per heavy atom. The number of rotatable bonds is 3. The number of hydrogen-bond donors (Lipinski definition) is 1. The van der Waals surface area contributed by atoms with Gasteiger partial charge in [0, 0.05) is 19.8 Å². The Balaban J connectivity index is 0. The van der Waals surface area contributed by atoms with Crippen molar-refractivity contribution in [2.24, 2.45) is 11.3 Å². The molecule has 0 aromatic rings. The Morgan fingerprint density at radius 3 is 1.80 bits per heavy atom. The Hall–Kier alpha value is -0.860. The summed E-state index contributed by atoms with van der Waals surface area (Å²) < 4.78 is 0. The zero-order valence-electron chi connectivity index (χ0n) is 10.8. The molecule has 15 heavy (non-hydrogen) atoms. The molecule has 1 unspecified atom stereocenters. The number of carbonyl (C=O) groups excluding carboxylic acids is 1. The van der Waals surface area contributed by atoms with Gasteiger partial charge in [0.2, 0.25) is 0 Å². The molecule has 1 atom stereocenters. The maximum atomic E-state index is 11.1. The highest BCUT2D eigenvalue weighted by atomic mass is 16.4. The number of carboxylic acids is 1. The standard InChI is InChI=1S/C10H20O.C2H4O2/c1-6-9(11)7-8(2)10(3,4)5;1-2(3)4/h8H,6-7H2,1-5H3;1H3,(H,3,4). The first-order valence-corrected chi connectivity index (χ1v) is 5.32. The fourth-order valence-corrected chi connectivity index (χ4v) is 0.792. The van der Waals surface area contributed by atoms with Crippen molar-refractivity contribution in [2.45, 2.75) is 54.4 Å². The van der Waals surface area contributed by atoms with E-state index in [1.165, 1.54) is 0 Å². The molecule has 90 valence electrons. The van der Waals surface area contributed by atoms with Crippen LogP contribution in [0.2, 0.25) is 0 Å². The average molecular weight is 216 g/mol. The van der Waals surface area contributed by atoms with E-state index in [1.54, 1.807) is 0 Å². The SMILES string of the molecule is CC(=O)O.CCC(=O)CC(C)C(C)(C)C. The molecule has 0 amide bonds. The smallest absolute Gasteiger partial charge is 0.300 e. The van der Waals surface area contributed by atoms with Crippen LogP contribution in [0.4, 0.5) is 0 Å². The number of carbonyl (C=O) groups is 2. The topological polar surface area (TPSA) is 54.4 Å². The summed E-state index contributed by atoms with van der Waals surface area (Å²) in [4.78, 5) is 20.1. The van der Waals surface area contributed by atoms with Crippen molar-refractivity contribution < 1.29 is 14.7 Å². The Labute approximate surface area is 92.9 Å². The molecule has 0 radical (unpaired) electrons. The minimum absolute atomic E-state index is 0.269. The lowest BCUT2D eigenvalue weighted by Crippen LogP contribution is -2.20. The third kappa shape index (κ3) is 13.1. The van der Waals surface area contributed by atoms with Crippen LogP contribution in [0.5, 0.6) is 0 Å². The molecule has 0 aromatic heterocycles. The predicted molar refractivity (Wildman–Crippen MR) is 61.8 cm³/mol. The first-order valence-electron chi connectivity index (χ1n) is 5.32. The molecule has 0 spiro atoms. The van der Waals surface area contributed by atoms with Gasteiger partial charge in [-0.05, 0) is 11.3 Å². The summed E-state index contributed by atoms with van der Waals surface area (Å²) in [6, 6.07) is 0. The third-order valence-electron chi connectivity index (χ3n) is 2.41. The summed E-state index contributed by atoms with van der Waals surface area (Å²) in [6.07, 6.45) is 1.42. The molecular formula is C12H24O3. The highest BCUT2D eigenvalue weighted by Crippen LogP contribution is 2.28. The summed E-state index contributed by atoms with van der Waals surface area (Å²) in [5.74, 6) is 0.0439. The zero-order valence-corrected chi connectivity index (χ0v) is 10.8. The number of carboxylic acid groups (broad SMARTS) is 1. The summed E-state index contributed by atoms with van der Waals surface area (Å²) in [6.45, 7) is 11.7. The van der Waals surface area contributed by atoms with Crippen molar-refractivity contribution in [3.05, 3.63) is 0 Å². The summed E-state index contributed by atoms with van der Waals surface area (Å²) >= 11 is 0. The fourth-order valence-electron chi connectivity index (χ4n) is 0.792. The van der Waals surface area contributed by atoms with Crippen LogP contribution in [0, 0.1) is 11.3 Å². The van der Waals surface area contributed by atoms with Crippen LogP contribution in [-0.2, 0) is 9.59 Å². The quantitative estimate of drug-likeness (QED) is 0.788. The van der Waals surface area contributed by atoms with E-state index in [9.17, 15) is 4.79 Å². The number of aliphatic carboxylic acids is 1. The molecule has 3 heteroatoms. The number of hydrogen-bond acceptors (Lipinski definition) is 2. The second-order valence-electron chi connectivity index (χ2n) is 4.88. The van der Waals surface area contributed by atoms with Crippen molar-refractivity contribution in [3.8, 4) is 0 Å². The summed E-state index contributed by atoms with van der Waals surface area (Å²) in [7, 11) is 0. The molecule has 0 aliphatic carbocycles. The lowest BCUT2D eigenvalue weighted by atomic mass is 9.79. The normalized spacial score (nSPS) is 12.4. The van der Waals surface area contributed by atoms with Crippen molar-refractivity contribution >= 4 is 11.8 Å². The van der Waals surface area contributed by atoms with Gasteiger partial charge in [0.05, 0.1) is 0 Å². The molecule has 0 aliphatic rings. The maximum absolute atomic E-state index is 11.1. The van der Waals surface area contributed by atoms with Crippen molar-refractivity contribution in [3.63, 3.8) is 0 Å². The highest BCUT2D eigenvalue weighted by molar-refractivity contribution is 5.78. The monoisotopic (exact) mass is 216 g/mol. The molecule has 0 heterocycles. The minimum atomic E-state index is -0.833. The molecule has 0 aliphatic heterocycles. The van der Waals surface area contributed by atoms with E-state index < -0.39 is 5.97 Å². The van der Waals surface area contributed by atoms with Gasteiger partial charge in [0.1, 0.15) is 5.78 Å². The van der Waals surface area contributed by atoms with Crippen molar-refractivity contribution in [2.75, 3.05) is 0 Å². The molecule has 0 rings (SSSR count). The fraction of sp³-hybridized carbons (Fsp3) is 0.833.